The molecule has 0 radical (unpaired) electrons. The largest absolute Gasteiger partial charge is 0.378 e. The molecule has 5 aromatic carbocycles. The van der Waals surface area contributed by atoms with Gasteiger partial charge in [-0.05, 0) is 223 Å². The quantitative estimate of drug-likeness (QED) is 0.0584. The Balaban J connectivity index is 0.000000177. The summed E-state index contributed by atoms with van der Waals surface area (Å²) in [6, 6.07) is 31.1. The Hall–Kier alpha value is -9.06. The lowest BCUT2D eigenvalue weighted by molar-refractivity contribution is 0.0299. The van der Waals surface area contributed by atoms with E-state index >= 15 is 0 Å². The van der Waals surface area contributed by atoms with Crippen LogP contribution in [0.15, 0.2) is 190 Å². The molecule has 4 amide bonds. The second kappa shape index (κ2) is 39.5. The number of carbonyl (C=O) groups excluding carboxylic acids is 4. The molecular weight excluding hydrogens is 1750 g/mol. The van der Waals surface area contributed by atoms with Crippen molar-refractivity contribution >= 4 is 191 Å². The van der Waals surface area contributed by atoms with Crippen LogP contribution in [0.4, 0.5) is 38.5 Å². The molecule has 612 valence electrons. The molecule has 0 bridgehead atoms. The molecule has 1 atom stereocenters. The Morgan fingerprint density at radius 3 is 1.16 bits per heavy atom. The van der Waals surface area contributed by atoms with Crippen LogP contribution in [0.25, 0.3) is 0 Å². The van der Waals surface area contributed by atoms with E-state index in [1.165, 1.54) is 156 Å². The Labute approximate surface area is 711 Å². The van der Waals surface area contributed by atoms with Gasteiger partial charge >= 0.3 is 0 Å². The van der Waals surface area contributed by atoms with Gasteiger partial charge in [0.15, 0.2) is 22.8 Å². The summed E-state index contributed by atoms with van der Waals surface area (Å²) in [5.74, 6) is -2.24. The van der Waals surface area contributed by atoms with Crippen LogP contribution in [-0.4, -0.2) is 144 Å². The average Bonchev–Trinajstić information content (AvgIpc) is 0.822. The number of ether oxygens (including phenoxy) is 1. The van der Waals surface area contributed by atoms with Crippen molar-refractivity contribution in [3.63, 3.8) is 0 Å². The van der Waals surface area contributed by atoms with Crippen LogP contribution in [0.5, 0.6) is 0 Å². The van der Waals surface area contributed by atoms with Crippen LogP contribution in [0, 0.1) is 33.5 Å². The summed E-state index contributed by atoms with van der Waals surface area (Å²) in [5.41, 5.74) is 3.18. The van der Waals surface area contributed by atoms with Gasteiger partial charge in [-0.2, -0.15) is 0 Å². The number of nitrogens with one attached hydrogen (secondary N) is 4. The maximum absolute atomic E-state index is 13.4. The number of carbonyl (C=O) groups is 4. The summed E-state index contributed by atoms with van der Waals surface area (Å²) in [5, 5.41) is 2.56. The highest BCUT2D eigenvalue weighted by Crippen LogP contribution is 2.34. The molecule has 2 fully saturated rings. The monoisotopic (exact) mass is 1820 g/mol. The predicted octanol–water partition coefficient (Wildman–Crippen LogP) is 17.3. The lowest BCUT2D eigenvalue weighted by Gasteiger charge is -2.33. The fourth-order valence-corrected chi connectivity index (χ4v) is 17.0. The first-order valence-corrected chi connectivity index (χ1v) is 43.8. The Morgan fingerprint density at radius 2 is 0.802 bits per heavy atom. The first-order chi connectivity index (χ1) is 54.6. The first kappa shape index (κ1) is 90.8. The Morgan fingerprint density at radius 1 is 0.457 bits per heavy atom. The molecule has 1 unspecified atom stereocenters. The molecule has 10 aromatic rings. The van der Waals surface area contributed by atoms with E-state index < -0.39 is 57.7 Å². The highest BCUT2D eigenvalue weighted by atomic mass is 35.5. The molecule has 26 nitrogen and oxygen atoms in total. The minimum atomic E-state index is -4.07. The molecule has 0 aliphatic carbocycles. The molecule has 2 aliphatic rings. The first-order valence-electron chi connectivity index (χ1n) is 34.9. The molecular formula is C77H74Cl8FN13O13S4. The van der Waals surface area contributed by atoms with Gasteiger partial charge in [-0.3, -0.25) is 43.1 Å². The number of likely N-dealkylation sites (tertiary alicyclic amines) is 1. The summed E-state index contributed by atoms with van der Waals surface area (Å²) in [4.78, 5) is 78.4. The van der Waals surface area contributed by atoms with Crippen molar-refractivity contribution in [1.82, 2.24) is 34.7 Å². The van der Waals surface area contributed by atoms with Gasteiger partial charge in [-0.25, -0.2) is 58.0 Å². The predicted molar refractivity (Wildman–Crippen MR) is 451 cm³/mol. The minimum absolute atomic E-state index is 0.000243. The number of pyridine rings is 5. The number of piperidine rings is 1. The van der Waals surface area contributed by atoms with Crippen LogP contribution in [0.2, 0.25) is 40.2 Å². The van der Waals surface area contributed by atoms with Crippen LogP contribution in [-0.2, 0) is 44.8 Å². The van der Waals surface area contributed by atoms with Crippen molar-refractivity contribution in [3.05, 3.63) is 262 Å². The van der Waals surface area contributed by atoms with Gasteiger partial charge in [0.05, 0.1) is 75.6 Å². The van der Waals surface area contributed by atoms with E-state index in [1.807, 2.05) is 6.92 Å². The number of benzene rings is 5. The van der Waals surface area contributed by atoms with E-state index in [2.05, 4.69) is 43.8 Å². The van der Waals surface area contributed by atoms with Crippen LogP contribution in [0.1, 0.15) is 104 Å². The van der Waals surface area contributed by atoms with E-state index in [1.54, 1.807) is 82.9 Å². The zero-order valence-electron chi connectivity index (χ0n) is 62.8. The molecule has 7 heterocycles. The molecule has 2 aliphatic heterocycles. The number of hydrogen-bond donors (Lipinski definition) is 4. The molecule has 39 heteroatoms. The third-order valence-corrected chi connectivity index (χ3v) is 25.5. The molecule has 0 spiro atoms. The second-order valence-electron chi connectivity index (χ2n) is 26.3. The molecule has 5 aromatic heterocycles. The zero-order valence-corrected chi connectivity index (χ0v) is 72.2. The van der Waals surface area contributed by atoms with Gasteiger partial charge < -0.3 is 24.3 Å². The maximum atomic E-state index is 13.4. The third-order valence-electron chi connectivity index (χ3n) is 17.5. The van der Waals surface area contributed by atoms with Gasteiger partial charge in [0.25, 0.3) is 63.7 Å². The highest BCUT2D eigenvalue weighted by molar-refractivity contribution is 7.93. The number of aryl methyl sites for hydroxylation is 4. The summed E-state index contributed by atoms with van der Waals surface area (Å²) >= 11 is 47.9. The molecule has 116 heavy (non-hydrogen) atoms. The van der Waals surface area contributed by atoms with Crippen molar-refractivity contribution in [1.29, 1.82) is 0 Å². The normalized spacial score (nSPS) is 13.6. The van der Waals surface area contributed by atoms with E-state index in [9.17, 15) is 57.2 Å². The van der Waals surface area contributed by atoms with Gasteiger partial charge in [0.1, 0.15) is 5.82 Å². The average molecular weight is 1820 g/mol. The Kier molecular flexibility index (Phi) is 30.9. The number of morpholine rings is 1. The van der Waals surface area contributed by atoms with Gasteiger partial charge in [-0.15, -0.1) is 0 Å². The number of hydrogen-bond acceptors (Lipinski definition) is 18. The van der Waals surface area contributed by atoms with Gasteiger partial charge in [-0.1, -0.05) is 92.8 Å². The summed E-state index contributed by atoms with van der Waals surface area (Å²) in [6.07, 6.45) is 11.1. The van der Waals surface area contributed by atoms with Gasteiger partial charge in [0.2, 0.25) is 0 Å². The van der Waals surface area contributed by atoms with Crippen molar-refractivity contribution in [2.75, 3.05) is 68.6 Å². The van der Waals surface area contributed by atoms with E-state index in [0.717, 1.165) is 19.3 Å². The number of aromatic nitrogens is 5. The van der Waals surface area contributed by atoms with Crippen molar-refractivity contribution < 1.29 is 62.0 Å². The van der Waals surface area contributed by atoms with Crippen molar-refractivity contribution in [2.45, 2.75) is 99.4 Å². The number of halogens is 9. The lowest BCUT2D eigenvalue weighted by Crippen LogP contribution is -2.42. The SMILES string of the molecule is Cc1cc(S(=O)(=O)Nc2cc(Cl)cnc2C(=O)N(C)c2ccncc2)ccc1Cl.Cc1cc(S(=O)(=O)Nc2cc(Cl)cnc2C(=O)N(c2ccc(F)cc2)C(C)C)ccc1Cl.Cc1cc(S(=O)(=O)Nc2cc(Cl)cnc2C(=O)N2CCCCC2C)ccc1Cl.Cc1cc(S(=O)(=O)Nc2cc(Cl)cnc2C(=O)N2CCOCC2)ccc1Cl. The molecule has 12 rings (SSSR count). The fraction of sp³-hybridized carbons (Fsp3) is 0.234. The summed E-state index contributed by atoms with van der Waals surface area (Å²) in [7, 11) is -14.4. The molecule has 0 saturated carbocycles. The fourth-order valence-electron chi connectivity index (χ4n) is 11.4. The molecule has 4 N–H and O–H groups in total. The topological polar surface area (TPSA) is 340 Å². The van der Waals surface area contributed by atoms with Crippen molar-refractivity contribution in [2.24, 2.45) is 0 Å². The smallest absolute Gasteiger partial charge is 0.279 e. The van der Waals surface area contributed by atoms with E-state index in [4.69, 9.17) is 97.5 Å². The summed E-state index contributed by atoms with van der Waals surface area (Å²) in [6.45, 7) is 14.6. The molecule has 2 saturated heterocycles. The second-order valence-corrected chi connectivity index (χ2v) is 36.4. The lowest BCUT2D eigenvalue weighted by atomic mass is 10.0. The standard InChI is InChI=1S/C22H20Cl2FN3O3S.C19H16Cl2N4O3S.C19H21Cl2N3O3S.C17H17Cl2N3O4S/c1-13(2)28(17-6-4-16(25)5-7-17)22(29)21-20(11-15(23)12-26-21)27-32(30,31)18-8-9-19(24)14(3)10-18;1-12-9-15(3-4-16(12)21)29(27,28)24-17-10-13(20)11-23-18(17)19(26)25(2)14-5-7-22-8-6-14;1-12-9-15(6-7-16(12)21)28(26,27)23-17-10-14(20)11-22-18(17)19(25)24-8-4-3-5-13(24)2;1-11-8-13(2-3-14(11)19)27(24,25)21-15-9-12(18)10-20-16(15)17(23)22-4-6-26-7-5-22/h4-13,27H,1-3H3;3-11,24H,1-2H3;6-7,9-11,13,23H,3-5,8H2,1-2H3;2-3,8-10,21H,4-7H2,1H3. The zero-order chi connectivity index (χ0) is 84.9. The summed E-state index contributed by atoms with van der Waals surface area (Å²) < 4.78 is 131. The number of rotatable bonds is 19. The van der Waals surface area contributed by atoms with Crippen LogP contribution < -0.4 is 28.7 Å². The maximum Gasteiger partial charge on any atom is 0.279 e. The minimum Gasteiger partial charge on any atom is -0.378 e. The number of nitrogens with zero attached hydrogens (tertiary/aromatic N) is 9. The Bertz CT molecular complexity index is 5840. The number of anilines is 6. The van der Waals surface area contributed by atoms with E-state index in [-0.39, 0.29) is 109 Å². The van der Waals surface area contributed by atoms with Gasteiger partial charge in [0, 0.05) is 107 Å². The van der Waals surface area contributed by atoms with Crippen molar-refractivity contribution in [3.8, 4) is 0 Å². The number of sulfonamides is 4. The third kappa shape index (κ3) is 23.4. The van der Waals surface area contributed by atoms with E-state index in [0.29, 0.717) is 86.6 Å². The van der Waals surface area contributed by atoms with Crippen LogP contribution >= 0.6 is 92.8 Å². The highest BCUT2D eigenvalue weighted by Gasteiger charge is 2.32. The number of amides is 4. The van der Waals surface area contributed by atoms with Crippen LogP contribution in [0.3, 0.4) is 0 Å².